The summed E-state index contributed by atoms with van der Waals surface area (Å²) >= 11 is 4.82. The summed E-state index contributed by atoms with van der Waals surface area (Å²) in [6.07, 6.45) is 3.08. The van der Waals surface area contributed by atoms with Gasteiger partial charge in [0, 0.05) is 25.8 Å². The molecule has 10 nitrogen and oxygen atoms in total. The van der Waals surface area contributed by atoms with Gasteiger partial charge in [0.15, 0.2) is 4.77 Å². The first-order valence-electron chi connectivity index (χ1n) is 9.88. The van der Waals surface area contributed by atoms with Crippen LogP contribution in [0.3, 0.4) is 0 Å². The van der Waals surface area contributed by atoms with Crippen molar-refractivity contribution in [3.8, 4) is 5.88 Å². The fraction of sp³-hybridized carbons (Fsp3) is 0.421. The van der Waals surface area contributed by atoms with Crippen molar-refractivity contribution in [2.75, 3.05) is 38.2 Å². The number of nitrogens with one attached hydrogen (secondary N) is 3. The molecule has 0 spiro atoms. The summed E-state index contributed by atoms with van der Waals surface area (Å²) < 4.78 is 32.6. The second-order valence-corrected chi connectivity index (χ2v) is 9.25. The number of ether oxygens (including phenoxy) is 1. The lowest BCUT2D eigenvalue weighted by atomic mass is 10.2. The zero-order valence-corrected chi connectivity index (χ0v) is 18.7. The highest BCUT2D eigenvalue weighted by Gasteiger charge is 2.27. The van der Waals surface area contributed by atoms with Crippen molar-refractivity contribution in [2.24, 2.45) is 4.99 Å². The number of aromatic nitrogens is 2. The van der Waals surface area contributed by atoms with E-state index < -0.39 is 21.5 Å². The summed E-state index contributed by atoms with van der Waals surface area (Å²) in [5.41, 5.74) is 0.217. The monoisotopic (exact) mass is 467 g/mol. The maximum absolute atomic E-state index is 13.0. The predicted octanol–water partition coefficient (Wildman–Crippen LogP) is 2.12. The first-order chi connectivity index (χ1) is 14.8. The second kappa shape index (κ2) is 10.2. The molecule has 1 fully saturated rings. The summed E-state index contributed by atoms with van der Waals surface area (Å²) in [6, 6.07) is 4.63. The number of rotatable bonds is 8. The molecule has 2 aromatic rings. The number of anilines is 1. The number of benzene rings is 1. The van der Waals surface area contributed by atoms with Crippen LogP contribution >= 0.6 is 12.2 Å². The van der Waals surface area contributed by atoms with Crippen molar-refractivity contribution < 1.29 is 18.3 Å². The normalized spacial score (nSPS) is 15.4. The van der Waals surface area contributed by atoms with Crippen molar-refractivity contribution in [3.05, 3.63) is 38.9 Å². The summed E-state index contributed by atoms with van der Waals surface area (Å²) in [7, 11) is -3.72. The van der Waals surface area contributed by atoms with E-state index in [1.165, 1.54) is 22.7 Å². The number of aromatic hydroxyl groups is 1. The number of morpholine rings is 1. The topological polar surface area (TPSA) is 140 Å². The molecule has 1 saturated heterocycles. The van der Waals surface area contributed by atoms with Crippen LogP contribution in [0.1, 0.15) is 25.3 Å². The third-order valence-corrected chi connectivity index (χ3v) is 6.81. The Bertz CT molecular complexity index is 1170. The van der Waals surface area contributed by atoms with Crippen molar-refractivity contribution >= 4 is 39.8 Å². The number of hydrogen-bond acceptors (Lipinski definition) is 8. The molecule has 0 unspecified atom stereocenters. The summed E-state index contributed by atoms with van der Waals surface area (Å²) in [4.78, 5) is 21.3. The molecule has 0 saturated carbocycles. The molecule has 0 aliphatic carbocycles. The minimum Gasteiger partial charge on any atom is -0.494 e. The standard InChI is InChI=1S/C19H25N5O5S2/c1-2-3-6-20-15-5-4-13(31(27,28)24-7-9-29-10-8-24)11-16(15)21-12-14-17(25)22-19(30)23-18(14)26/h4-5,11-12,20H,2-3,6-10H2,1H3,(H3,22,23,25,26,30). The number of nitrogens with zero attached hydrogens (tertiary/aromatic N) is 2. The van der Waals surface area contributed by atoms with E-state index in [1.54, 1.807) is 6.07 Å². The Labute approximate surface area is 185 Å². The van der Waals surface area contributed by atoms with Gasteiger partial charge < -0.3 is 20.1 Å². The molecular weight excluding hydrogens is 442 g/mol. The molecule has 0 amide bonds. The first kappa shape index (κ1) is 23.1. The lowest BCUT2D eigenvalue weighted by molar-refractivity contribution is 0.0730. The summed E-state index contributed by atoms with van der Waals surface area (Å²) in [6.45, 7) is 4.00. The van der Waals surface area contributed by atoms with Crippen LogP contribution in [0, 0.1) is 4.77 Å². The lowest BCUT2D eigenvalue weighted by Crippen LogP contribution is -2.40. The van der Waals surface area contributed by atoms with Crippen LogP contribution in [0.25, 0.3) is 0 Å². The molecule has 3 rings (SSSR count). The number of sulfonamides is 1. The molecule has 0 radical (unpaired) electrons. The number of aromatic amines is 2. The first-order valence-corrected chi connectivity index (χ1v) is 11.7. The lowest BCUT2D eigenvalue weighted by Gasteiger charge is -2.26. The Morgan fingerprint density at radius 3 is 2.74 bits per heavy atom. The van der Waals surface area contributed by atoms with Gasteiger partial charge in [-0.15, -0.1) is 0 Å². The van der Waals surface area contributed by atoms with Crippen LogP contribution in [0.5, 0.6) is 5.88 Å². The fourth-order valence-electron chi connectivity index (χ4n) is 3.00. The molecule has 0 atom stereocenters. The molecule has 168 valence electrons. The highest BCUT2D eigenvalue weighted by molar-refractivity contribution is 7.89. The fourth-order valence-corrected chi connectivity index (χ4v) is 4.62. The minimum absolute atomic E-state index is 0.0137. The zero-order valence-electron chi connectivity index (χ0n) is 17.1. The maximum atomic E-state index is 13.0. The molecule has 1 aromatic carbocycles. The molecule has 12 heteroatoms. The van der Waals surface area contributed by atoms with Crippen molar-refractivity contribution in [1.29, 1.82) is 0 Å². The number of aliphatic imine (C=N–C) groups is 1. The van der Waals surface area contributed by atoms with Crippen molar-refractivity contribution in [1.82, 2.24) is 14.3 Å². The Morgan fingerprint density at radius 2 is 2.06 bits per heavy atom. The van der Waals surface area contributed by atoms with Crippen LogP contribution in [0.2, 0.25) is 0 Å². The van der Waals surface area contributed by atoms with Crippen LogP contribution in [0.15, 0.2) is 32.9 Å². The molecule has 31 heavy (non-hydrogen) atoms. The van der Waals surface area contributed by atoms with E-state index in [1.807, 2.05) is 0 Å². The van der Waals surface area contributed by atoms with E-state index in [-0.39, 0.29) is 28.3 Å². The number of H-pyrrole nitrogens is 2. The molecule has 1 aromatic heterocycles. The Morgan fingerprint density at radius 1 is 1.32 bits per heavy atom. The van der Waals surface area contributed by atoms with E-state index in [0.29, 0.717) is 31.1 Å². The zero-order chi connectivity index (χ0) is 22.4. The van der Waals surface area contributed by atoms with Crippen LogP contribution < -0.4 is 10.9 Å². The number of unbranched alkanes of at least 4 members (excludes halogenated alkanes) is 1. The number of hydrogen-bond donors (Lipinski definition) is 4. The highest BCUT2D eigenvalue weighted by Crippen LogP contribution is 2.30. The summed E-state index contributed by atoms with van der Waals surface area (Å²) in [5, 5.41) is 13.2. The van der Waals surface area contributed by atoms with Gasteiger partial charge in [0.05, 0.1) is 29.5 Å². The molecule has 2 heterocycles. The van der Waals surface area contributed by atoms with Gasteiger partial charge in [0.1, 0.15) is 5.56 Å². The largest absolute Gasteiger partial charge is 0.494 e. The molecule has 1 aliphatic rings. The van der Waals surface area contributed by atoms with Crippen LogP contribution in [-0.2, 0) is 14.8 Å². The van der Waals surface area contributed by atoms with Crippen LogP contribution in [0.4, 0.5) is 11.4 Å². The second-order valence-electron chi connectivity index (χ2n) is 6.90. The quantitative estimate of drug-likeness (QED) is 0.265. The SMILES string of the molecule is CCCCNc1ccc(S(=O)(=O)N2CCOCC2)cc1N=Cc1c(O)[nH]c(=S)[nH]c1=O. The highest BCUT2D eigenvalue weighted by atomic mass is 32.2. The van der Waals surface area contributed by atoms with Crippen LogP contribution in [-0.4, -0.2) is 66.9 Å². The summed E-state index contributed by atoms with van der Waals surface area (Å²) in [5.74, 6) is -0.421. The van der Waals surface area contributed by atoms with Gasteiger partial charge in [-0.2, -0.15) is 4.31 Å². The molecule has 1 aliphatic heterocycles. The van der Waals surface area contributed by atoms with Gasteiger partial charge in [0.25, 0.3) is 5.56 Å². The Balaban J connectivity index is 2.00. The van der Waals surface area contributed by atoms with Gasteiger partial charge in [-0.1, -0.05) is 13.3 Å². The molecule has 0 bridgehead atoms. The van der Waals surface area contributed by atoms with Gasteiger partial charge in [0.2, 0.25) is 15.9 Å². The third-order valence-electron chi connectivity index (χ3n) is 4.71. The van der Waals surface area contributed by atoms with Gasteiger partial charge >= 0.3 is 0 Å². The van der Waals surface area contributed by atoms with E-state index >= 15 is 0 Å². The predicted molar refractivity (Wildman–Crippen MR) is 121 cm³/mol. The van der Waals surface area contributed by atoms with Gasteiger partial charge in [-0.25, -0.2) is 8.42 Å². The third kappa shape index (κ3) is 5.58. The van der Waals surface area contributed by atoms with E-state index in [0.717, 1.165) is 12.8 Å². The van der Waals surface area contributed by atoms with E-state index in [4.69, 9.17) is 17.0 Å². The van der Waals surface area contributed by atoms with E-state index in [2.05, 4.69) is 27.2 Å². The average molecular weight is 468 g/mol. The van der Waals surface area contributed by atoms with Crippen molar-refractivity contribution in [3.63, 3.8) is 0 Å². The molecular formula is C19H25N5O5S2. The maximum Gasteiger partial charge on any atom is 0.264 e. The minimum atomic E-state index is -3.72. The Hall–Kier alpha value is -2.54. The van der Waals surface area contributed by atoms with Crippen molar-refractivity contribution in [2.45, 2.75) is 24.7 Å². The average Bonchev–Trinajstić information content (AvgIpc) is 2.74. The molecule has 4 N–H and O–H groups in total. The van der Waals surface area contributed by atoms with E-state index in [9.17, 15) is 18.3 Å². The van der Waals surface area contributed by atoms with Gasteiger partial charge in [-0.05, 0) is 36.8 Å². The van der Waals surface area contributed by atoms with Gasteiger partial charge in [-0.3, -0.25) is 14.8 Å². The Kier molecular flexibility index (Phi) is 7.59. The smallest absolute Gasteiger partial charge is 0.264 e.